The van der Waals surface area contributed by atoms with Crippen LogP contribution in [0.4, 0.5) is 0 Å². The quantitative estimate of drug-likeness (QED) is 0.464. The Bertz CT molecular complexity index is 657. The third-order valence-corrected chi connectivity index (χ3v) is 4.95. The maximum Gasteiger partial charge on any atom is 0.231 e. The fourth-order valence-electron chi connectivity index (χ4n) is 2.12. The van der Waals surface area contributed by atoms with E-state index in [1.165, 1.54) is 5.56 Å². The molecule has 2 nitrogen and oxygen atoms in total. The van der Waals surface area contributed by atoms with E-state index in [9.17, 15) is 5.11 Å². The molecule has 1 aromatic heterocycles. The minimum absolute atomic E-state index is 0.135. The molecule has 0 saturated heterocycles. The summed E-state index contributed by atoms with van der Waals surface area (Å²) in [4.78, 5) is 0. The number of rotatable bonds is 4. The first-order valence-electron chi connectivity index (χ1n) is 6.64. The van der Waals surface area contributed by atoms with Gasteiger partial charge in [-0.05, 0) is 23.3 Å². The number of hydrogen-bond acceptors (Lipinski definition) is 1. The van der Waals surface area contributed by atoms with Gasteiger partial charge >= 0.3 is 0 Å². The van der Waals surface area contributed by atoms with Crippen LogP contribution in [0.25, 0.3) is 11.2 Å². The van der Waals surface area contributed by atoms with Gasteiger partial charge in [-0.15, -0.1) is 0 Å². The second-order valence-electron chi connectivity index (χ2n) is 4.65. The van der Waals surface area contributed by atoms with Crippen molar-refractivity contribution in [2.45, 2.75) is 20.3 Å². The van der Waals surface area contributed by atoms with Gasteiger partial charge in [-0.1, -0.05) is 59.7 Å². The molecule has 0 spiro atoms. The maximum absolute atomic E-state index is 12.7. The van der Waals surface area contributed by atoms with Crippen molar-refractivity contribution < 1.29 is 9.67 Å². The van der Waals surface area contributed by atoms with Crippen molar-refractivity contribution in [1.82, 2.24) is 0 Å². The molecule has 1 aromatic carbocycles. The SMILES string of the molecule is CCc1cc[n+](/C(=C(\[O-])c2ccccc2)P(Cl)Cl)c(C)c1. The largest absolute Gasteiger partial charge is 0.867 e. The highest BCUT2D eigenvalue weighted by molar-refractivity contribution is 8.10. The first kappa shape index (κ1) is 16.3. The highest BCUT2D eigenvalue weighted by atomic mass is 35.9. The van der Waals surface area contributed by atoms with E-state index in [0.29, 0.717) is 11.0 Å². The van der Waals surface area contributed by atoms with E-state index < -0.39 is 6.63 Å². The molecule has 0 N–H and O–H groups in total. The Balaban J connectivity index is 2.59. The molecule has 0 fully saturated rings. The van der Waals surface area contributed by atoms with Crippen LogP contribution in [0.5, 0.6) is 0 Å². The molecule has 0 unspecified atom stereocenters. The van der Waals surface area contributed by atoms with Gasteiger partial charge in [0.05, 0.1) is 0 Å². The molecule has 0 amide bonds. The fourth-order valence-corrected chi connectivity index (χ4v) is 3.74. The van der Waals surface area contributed by atoms with Gasteiger partial charge in [-0.3, -0.25) is 0 Å². The highest BCUT2D eigenvalue weighted by Gasteiger charge is 2.23. The molecule has 2 aromatic rings. The van der Waals surface area contributed by atoms with Crippen molar-refractivity contribution in [2.75, 3.05) is 0 Å². The van der Waals surface area contributed by atoms with Crippen molar-refractivity contribution in [3.8, 4) is 0 Å². The summed E-state index contributed by atoms with van der Waals surface area (Å²) in [6.07, 6.45) is 2.81. The van der Waals surface area contributed by atoms with Crippen LogP contribution < -0.4 is 9.67 Å². The predicted molar refractivity (Wildman–Crippen MR) is 88.9 cm³/mol. The summed E-state index contributed by atoms with van der Waals surface area (Å²) in [6, 6.07) is 13.1. The minimum atomic E-state index is -1.56. The first-order valence-corrected chi connectivity index (χ1v) is 9.79. The Morgan fingerprint density at radius 2 is 1.86 bits per heavy atom. The van der Waals surface area contributed by atoms with Gasteiger partial charge in [0.2, 0.25) is 5.44 Å². The van der Waals surface area contributed by atoms with E-state index in [4.69, 9.17) is 22.5 Å². The van der Waals surface area contributed by atoms with E-state index in [-0.39, 0.29) is 5.76 Å². The summed E-state index contributed by atoms with van der Waals surface area (Å²) < 4.78 is 1.79. The van der Waals surface area contributed by atoms with Crippen LogP contribution in [0.3, 0.4) is 0 Å². The zero-order valence-corrected chi connectivity index (χ0v) is 14.3. The maximum atomic E-state index is 12.7. The third-order valence-electron chi connectivity index (χ3n) is 3.25. The van der Waals surface area contributed by atoms with E-state index >= 15 is 0 Å². The molecular weight excluding hydrogens is 324 g/mol. The van der Waals surface area contributed by atoms with E-state index in [2.05, 4.69) is 6.92 Å². The highest BCUT2D eigenvalue weighted by Crippen LogP contribution is 2.56. The van der Waals surface area contributed by atoms with Crippen LogP contribution >= 0.6 is 29.1 Å². The fraction of sp³-hybridized carbons (Fsp3) is 0.188. The number of aryl methyl sites for hydroxylation is 2. The smallest absolute Gasteiger partial charge is 0.231 e. The zero-order valence-electron chi connectivity index (χ0n) is 11.9. The number of hydrogen-bond donors (Lipinski definition) is 0. The average molecular weight is 340 g/mol. The van der Waals surface area contributed by atoms with Crippen LogP contribution in [0.1, 0.15) is 23.7 Å². The molecule has 0 aliphatic heterocycles. The van der Waals surface area contributed by atoms with Crippen molar-refractivity contribution >= 4 is 40.3 Å². The number of pyridine rings is 1. The van der Waals surface area contributed by atoms with Crippen LogP contribution in [-0.4, -0.2) is 0 Å². The van der Waals surface area contributed by atoms with E-state index in [1.807, 2.05) is 43.5 Å². The second kappa shape index (κ2) is 7.26. The van der Waals surface area contributed by atoms with Gasteiger partial charge < -0.3 is 5.11 Å². The standard InChI is InChI=1S/C16H16Cl2NOP/c1-3-13-9-10-19(12(2)11-13)16(21(17)18)15(20)14-7-5-4-6-8-14/h4-11H,3H2,1-2H3/b16-15+. The second-order valence-corrected chi connectivity index (χ2v) is 8.09. The normalized spacial score (nSPS) is 12.4. The molecule has 1 heterocycles. The van der Waals surface area contributed by atoms with Gasteiger partial charge in [-0.25, -0.2) is 0 Å². The lowest BCUT2D eigenvalue weighted by Crippen LogP contribution is -2.36. The number of halogens is 2. The molecule has 0 radical (unpaired) electrons. The van der Waals surface area contributed by atoms with Gasteiger partial charge in [0.15, 0.2) is 18.5 Å². The summed E-state index contributed by atoms with van der Waals surface area (Å²) >= 11 is 12.2. The van der Waals surface area contributed by atoms with E-state index in [0.717, 1.165) is 12.1 Å². The van der Waals surface area contributed by atoms with Gasteiger partial charge in [0.25, 0.3) is 0 Å². The Kier molecular flexibility index (Phi) is 5.64. The molecule has 0 saturated carbocycles. The molecular formula is C16H16Cl2NOP. The molecule has 110 valence electrons. The lowest BCUT2D eigenvalue weighted by atomic mass is 10.1. The Morgan fingerprint density at radius 1 is 1.19 bits per heavy atom. The summed E-state index contributed by atoms with van der Waals surface area (Å²) in [6.45, 7) is 2.48. The molecule has 5 heteroatoms. The van der Waals surface area contributed by atoms with E-state index in [1.54, 1.807) is 16.7 Å². The average Bonchev–Trinajstić information content (AvgIpc) is 2.49. The summed E-state index contributed by atoms with van der Waals surface area (Å²) in [5.41, 5.74) is 3.17. The first-order chi connectivity index (χ1) is 10.0. The lowest BCUT2D eigenvalue weighted by Gasteiger charge is -2.16. The van der Waals surface area contributed by atoms with Crippen molar-refractivity contribution in [3.05, 3.63) is 65.5 Å². The molecule has 0 aliphatic carbocycles. The van der Waals surface area contributed by atoms with Gasteiger partial charge in [-0.2, -0.15) is 4.57 Å². The van der Waals surface area contributed by atoms with Crippen LogP contribution in [0, 0.1) is 6.92 Å². The number of benzene rings is 1. The van der Waals surface area contributed by atoms with Gasteiger partial charge in [0, 0.05) is 19.1 Å². The van der Waals surface area contributed by atoms with Crippen LogP contribution in [0.2, 0.25) is 0 Å². The lowest BCUT2D eigenvalue weighted by molar-refractivity contribution is -0.582. The molecule has 0 aliphatic rings. The predicted octanol–water partition coefficient (Wildman–Crippen LogP) is 4.28. The van der Waals surface area contributed by atoms with Crippen LogP contribution in [-0.2, 0) is 6.42 Å². The van der Waals surface area contributed by atoms with Gasteiger partial charge in [0.1, 0.15) is 0 Å². The topological polar surface area (TPSA) is 26.9 Å². The third kappa shape index (κ3) is 3.77. The number of aromatic nitrogens is 1. The Hall–Kier alpha value is -1.08. The Labute approximate surface area is 136 Å². The Morgan fingerprint density at radius 3 is 2.38 bits per heavy atom. The van der Waals surface area contributed by atoms with Crippen molar-refractivity contribution in [2.24, 2.45) is 0 Å². The minimum Gasteiger partial charge on any atom is -0.867 e. The summed E-state index contributed by atoms with van der Waals surface area (Å²) in [7, 11) is 0. The molecule has 0 atom stereocenters. The van der Waals surface area contributed by atoms with Crippen LogP contribution in [0.15, 0.2) is 48.7 Å². The summed E-state index contributed by atoms with van der Waals surface area (Å²) in [5, 5.41) is 12.7. The van der Waals surface area contributed by atoms with Crippen molar-refractivity contribution in [1.29, 1.82) is 0 Å². The molecule has 21 heavy (non-hydrogen) atoms. The van der Waals surface area contributed by atoms with Crippen molar-refractivity contribution in [3.63, 3.8) is 0 Å². The monoisotopic (exact) mass is 339 g/mol. The molecule has 0 bridgehead atoms. The summed E-state index contributed by atoms with van der Waals surface area (Å²) in [5.74, 6) is -0.135. The zero-order chi connectivity index (χ0) is 15.4. The molecule has 2 rings (SSSR count). The number of nitrogens with zero attached hydrogens (tertiary/aromatic N) is 1.